The first kappa shape index (κ1) is 36.6. The Balaban J connectivity index is 1.04. The van der Waals surface area contributed by atoms with Crippen LogP contribution in [0.4, 0.5) is 4.79 Å². The number of carbonyl (C=O) groups is 3. The fraction of sp³-hybridized carbons (Fsp3) is 0.590. The average Bonchev–Trinajstić information content (AvgIpc) is 3.89. The van der Waals surface area contributed by atoms with E-state index in [1.807, 2.05) is 32.7 Å². The summed E-state index contributed by atoms with van der Waals surface area (Å²) in [5.41, 5.74) is 5.42. The molecule has 2 aromatic rings. The highest BCUT2D eigenvalue weighted by molar-refractivity contribution is 8.00. The number of phenols is 2. The highest BCUT2D eigenvalue weighted by atomic mass is 32.2. The molecule has 8 aliphatic rings. The van der Waals surface area contributed by atoms with E-state index < -0.39 is 35.4 Å². The van der Waals surface area contributed by atoms with Gasteiger partial charge in [0.15, 0.2) is 11.5 Å². The van der Waals surface area contributed by atoms with E-state index in [1.165, 1.54) is 11.8 Å². The molecule has 0 aliphatic carbocycles. The van der Waals surface area contributed by atoms with E-state index in [9.17, 15) is 29.9 Å². The van der Waals surface area contributed by atoms with Crippen LogP contribution in [0, 0.1) is 32.1 Å². The lowest BCUT2D eigenvalue weighted by Gasteiger charge is -2.61. The molecule has 55 heavy (non-hydrogen) atoms. The molecular formula is C39H46N6O8S2. The molecule has 4 fully saturated rings. The fourth-order valence-corrected chi connectivity index (χ4v) is 13.3. The molecule has 4 saturated heterocycles. The first-order valence-corrected chi connectivity index (χ1v) is 21.2. The van der Waals surface area contributed by atoms with Crippen molar-refractivity contribution in [2.45, 2.75) is 112 Å². The Morgan fingerprint density at radius 1 is 1.02 bits per heavy atom. The van der Waals surface area contributed by atoms with Gasteiger partial charge in [-0.1, -0.05) is 12.5 Å². The minimum absolute atomic E-state index is 0.0299. The number of fused-ring (bicyclic) bond motifs is 11. The summed E-state index contributed by atoms with van der Waals surface area (Å²) in [4.78, 5) is 43.4. The molecule has 0 saturated carbocycles. The molecule has 10 atom stereocenters. The lowest BCUT2D eigenvalue weighted by Crippen LogP contribution is -2.69. The van der Waals surface area contributed by atoms with Gasteiger partial charge in [0.2, 0.25) is 12.7 Å². The largest absolute Gasteiger partial charge is 0.507 e. The van der Waals surface area contributed by atoms with Crippen molar-refractivity contribution in [3.63, 3.8) is 0 Å². The zero-order valence-corrected chi connectivity index (χ0v) is 32.8. The SMILES string of the molecule is Cc1cc2c(c(O)c1C)[C@@H]1C3[C@@H]4SC[C@H](NC(=O)CCCCC5SCC6NC(=O)NC65)C(=O)OC[C@@H](c5c6c(c(C)c(O)c54)OCO6)N3[C@@H](C#N)[C@H](C2)N1C. The van der Waals surface area contributed by atoms with Crippen LogP contribution in [-0.2, 0) is 20.7 Å². The number of aryl methyl sites for hydroxylation is 1. The number of nitrogens with one attached hydrogen (secondary N) is 3. The van der Waals surface area contributed by atoms with E-state index in [2.05, 4.69) is 37.9 Å². The van der Waals surface area contributed by atoms with Gasteiger partial charge >= 0.3 is 12.0 Å². The van der Waals surface area contributed by atoms with Gasteiger partial charge in [-0.3, -0.25) is 14.6 Å². The number of urea groups is 1. The van der Waals surface area contributed by atoms with Crippen LogP contribution < -0.4 is 25.4 Å². The Kier molecular flexibility index (Phi) is 9.22. The number of nitrogens with zero attached hydrogens (tertiary/aromatic N) is 3. The van der Waals surface area contributed by atoms with E-state index in [0.29, 0.717) is 46.3 Å². The Morgan fingerprint density at radius 3 is 2.60 bits per heavy atom. The third-order valence-corrected chi connectivity index (χ3v) is 15.9. The van der Waals surface area contributed by atoms with Crippen molar-refractivity contribution in [1.29, 1.82) is 5.26 Å². The van der Waals surface area contributed by atoms with Crippen LogP contribution in [0.25, 0.3) is 0 Å². The maximum Gasteiger partial charge on any atom is 0.329 e. The summed E-state index contributed by atoms with van der Waals surface area (Å²) in [6.07, 6.45) is 3.12. The molecule has 3 amide bonds. The maximum absolute atomic E-state index is 13.9. The van der Waals surface area contributed by atoms with Crippen LogP contribution >= 0.6 is 23.5 Å². The van der Waals surface area contributed by atoms with E-state index in [-0.39, 0.29) is 73.2 Å². The number of carbonyl (C=O) groups excluding carboxylic acids is 3. The van der Waals surface area contributed by atoms with Gasteiger partial charge < -0.3 is 40.4 Å². The van der Waals surface area contributed by atoms with Crippen LogP contribution in [0.3, 0.4) is 0 Å². The number of nitriles is 1. The smallest absolute Gasteiger partial charge is 0.329 e. The maximum atomic E-state index is 13.9. The molecule has 8 aliphatic heterocycles. The Bertz CT molecular complexity index is 2030. The number of phenolic OH excluding ortho intramolecular Hbond substituents is 2. The van der Waals surface area contributed by atoms with E-state index in [4.69, 9.17) is 14.2 Å². The fourth-order valence-electron chi connectivity index (χ4n) is 10.2. The highest BCUT2D eigenvalue weighted by Crippen LogP contribution is 2.63. The standard InChI is InChI=1S/C39H46N6O8S2/c1-16-9-19-10-22-23(11-40)45-24-12-51-38(49)21(41-26(46)8-6-5-7-25-30-20(13-54-25)42-39(50)43-30)14-55-37(32(45)31(44(22)4)27(19)33(47)17(16)2)29-28(24)36-35(52-15-53-36)18(3)34(29)48/h9,20-25,30-32,37,47-48H,5-8,10,12-15H2,1-4H3,(H,41,46)(H2,42,43,50)/t20?,21-,22-,23-,24-,25?,30?,31+,32?,37+/m0/s1. The molecule has 0 spiro atoms. The summed E-state index contributed by atoms with van der Waals surface area (Å²) in [5.74, 6) is 1.43. The number of unbranched alkanes of at least 4 members (excludes halogenated alkanes) is 1. The molecule has 5 N–H and O–H groups in total. The number of piperazine rings is 1. The number of hydrogen-bond donors (Lipinski definition) is 5. The van der Waals surface area contributed by atoms with Crippen molar-refractivity contribution >= 4 is 41.4 Å². The molecule has 0 aromatic heterocycles. The van der Waals surface area contributed by atoms with Gasteiger partial charge in [0.1, 0.15) is 30.2 Å². The topological polar surface area (TPSA) is 186 Å². The number of esters is 1. The first-order valence-electron chi connectivity index (χ1n) is 19.1. The Hall–Kier alpha value is -4.04. The van der Waals surface area contributed by atoms with E-state index >= 15 is 0 Å². The quantitative estimate of drug-likeness (QED) is 0.163. The third-order valence-electron chi connectivity index (χ3n) is 13.0. The lowest BCUT2D eigenvalue weighted by molar-refractivity contribution is -0.152. The molecule has 2 aromatic carbocycles. The zero-order valence-electron chi connectivity index (χ0n) is 31.2. The van der Waals surface area contributed by atoms with Crippen molar-refractivity contribution in [2.24, 2.45) is 0 Å². The van der Waals surface area contributed by atoms with Gasteiger partial charge in [0.05, 0.1) is 35.5 Å². The number of benzene rings is 2. The minimum atomic E-state index is -0.949. The van der Waals surface area contributed by atoms with Gasteiger partial charge in [-0.05, 0) is 63.8 Å². The molecule has 16 heteroatoms. The number of thioether (sulfide) groups is 2. The summed E-state index contributed by atoms with van der Waals surface area (Å²) >= 11 is 3.28. The van der Waals surface area contributed by atoms with Crippen molar-refractivity contribution in [3.8, 4) is 29.1 Å². The molecule has 10 rings (SSSR count). The molecule has 8 heterocycles. The predicted octanol–water partition coefficient (Wildman–Crippen LogP) is 3.52. The first-order chi connectivity index (χ1) is 26.5. The number of likely N-dealkylation sites (N-methyl/N-ethyl adjacent to an activating group) is 1. The van der Waals surface area contributed by atoms with Gasteiger partial charge in [-0.25, -0.2) is 9.59 Å². The summed E-state index contributed by atoms with van der Waals surface area (Å²) in [5, 5.41) is 43.6. The zero-order chi connectivity index (χ0) is 38.4. The van der Waals surface area contributed by atoms with Gasteiger partial charge in [-0.15, -0.1) is 11.8 Å². The van der Waals surface area contributed by atoms with Crippen molar-refractivity contribution in [2.75, 3.05) is 32.0 Å². The highest BCUT2D eigenvalue weighted by Gasteiger charge is 2.60. The van der Waals surface area contributed by atoms with Crippen molar-refractivity contribution < 1.29 is 38.8 Å². The number of aromatic hydroxyl groups is 2. The lowest BCUT2D eigenvalue weighted by atomic mass is 9.71. The number of ether oxygens (including phenoxy) is 3. The van der Waals surface area contributed by atoms with Crippen LogP contribution in [0.5, 0.6) is 23.0 Å². The Morgan fingerprint density at radius 2 is 1.80 bits per heavy atom. The monoisotopic (exact) mass is 790 g/mol. The van der Waals surface area contributed by atoms with Gasteiger partial charge in [0.25, 0.3) is 0 Å². The van der Waals surface area contributed by atoms with Crippen LogP contribution in [-0.4, -0.2) is 111 Å². The van der Waals surface area contributed by atoms with Crippen LogP contribution in [0.2, 0.25) is 0 Å². The van der Waals surface area contributed by atoms with Crippen LogP contribution in [0.15, 0.2) is 6.07 Å². The summed E-state index contributed by atoms with van der Waals surface area (Å²) in [6, 6.07) is 1.55. The van der Waals surface area contributed by atoms with Crippen molar-refractivity contribution in [3.05, 3.63) is 45.0 Å². The molecule has 14 nitrogen and oxygen atoms in total. The number of hydrogen-bond acceptors (Lipinski definition) is 13. The second-order valence-corrected chi connectivity index (χ2v) is 18.3. The van der Waals surface area contributed by atoms with Crippen molar-refractivity contribution in [1.82, 2.24) is 25.8 Å². The van der Waals surface area contributed by atoms with Gasteiger partial charge in [0, 0.05) is 57.5 Å². The van der Waals surface area contributed by atoms with E-state index in [1.54, 1.807) is 6.92 Å². The predicted molar refractivity (Wildman–Crippen MR) is 204 cm³/mol. The second-order valence-electron chi connectivity index (χ2n) is 15.9. The molecular weight excluding hydrogens is 745 g/mol. The number of amides is 3. The molecule has 4 bridgehead atoms. The molecule has 4 unspecified atom stereocenters. The Labute approximate surface area is 328 Å². The third kappa shape index (κ3) is 5.70. The van der Waals surface area contributed by atoms with E-state index in [0.717, 1.165) is 40.8 Å². The summed E-state index contributed by atoms with van der Waals surface area (Å²) in [7, 11) is 2.00. The second kappa shape index (κ2) is 13.9. The normalized spacial score (nSPS) is 33.0. The minimum Gasteiger partial charge on any atom is -0.507 e. The summed E-state index contributed by atoms with van der Waals surface area (Å²) < 4.78 is 18.1. The molecule has 0 radical (unpaired) electrons. The number of rotatable bonds is 6. The summed E-state index contributed by atoms with van der Waals surface area (Å²) in [6.45, 7) is 5.51. The van der Waals surface area contributed by atoms with Gasteiger partial charge in [-0.2, -0.15) is 17.0 Å². The average molecular weight is 791 g/mol. The van der Waals surface area contributed by atoms with Crippen LogP contribution in [0.1, 0.15) is 82.0 Å². The molecule has 292 valence electrons.